The number of anilines is 1. The molecule has 23 heavy (non-hydrogen) atoms. The fraction of sp³-hybridized carbons (Fsp3) is 0.375. The Balaban J connectivity index is 1.70. The Morgan fingerprint density at radius 3 is 2.57 bits per heavy atom. The molecule has 120 valence electrons. The maximum absolute atomic E-state index is 12.4. The molecule has 0 N–H and O–H groups in total. The molecule has 0 aliphatic carbocycles. The first-order valence-corrected chi connectivity index (χ1v) is 7.51. The summed E-state index contributed by atoms with van der Waals surface area (Å²) in [5.74, 6) is 1.44. The zero-order chi connectivity index (χ0) is 16.2. The second-order valence-electron chi connectivity index (χ2n) is 5.31. The van der Waals surface area contributed by atoms with Crippen LogP contribution in [0.4, 0.5) is 5.82 Å². The number of carbonyl (C=O) groups excluding carboxylic acids is 1. The summed E-state index contributed by atoms with van der Waals surface area (Å²) in [4.78, 5) is 29.0. The third-order valence-corrected chi connectivity index (χ3v) is 3.92. The van der Waals surface area contributed by atoms with Crippen LogP contribution in [-0.2, 0) is 0 Å². The van der Waals surface area contributed by atoms with E-state index in [-0.39, 0.29) is 5.91 Å². The minimum atomic E-state index is -0.0314. The van der Waals surface area contributed by atoms with Crippen molar-refractivity contribution in [3.05, 3.63) is 42.1 Å². The molecule has 1 aliphatic rings. The van der Waals surface area contributed by atoms with Crippen molar-refractivity contribution in [3.8, 4) is 5.75 Å². The quantitative estimate of drug-likeness (QED) is 0.846. The minimum absolute atomic E-state index is 0.0314. The van der Waals surface area contributed by atoms with E-state index in [4.69, 9.17) is 4.74 Å². The predicted molar refractivity (Wildman–Crippen MR) is 85.7 cm³/mol. The maximum Gasteiger partial charge on any atom is 0.272 e. The average molecular weight is 313 g/mol. The lowest BCUT2D eigenvalue weighted by molar-refractivity contribution is 0.0740. The predicted octanol–water partition coefficient (Wildman–Crippen LogP) is 1.15. The summed E-state index contributed by atoms with van der Waals surface area (Å²) in [5, 5.41) is 0. The minimum Gasteiger partial charge on any atom is -0.491 e. The highest BCUT2D eigenvalue weighted by Gasteiger charge is 2.25. The van der Waals surface area contributed by atoms with Crippen LogP contribution >= 0.6 is 0 Å². The van der Waals surface area contributed by atoms with Gasteiger partial charge in [-0.05, 0) is 19.1 Å². The van der Waals surface area contributed by atoms with Crippen LogP contribution in [0.3, 0.4) is 0 Å². The van der Waals surface area contributed by atoms with Crippen LogP contribution in [0.1, 0.15) is 16.2 Å². The summed E-state index contributed by atoms with van der Waals surface area (Å²) >= 11 is 0. The second kappa shape index (κ2) is 6.60. The number of piperazine rings is 1. The van der Waals surface area contributed by atoms with Gasteiger partial charge in [0.2, 0.25) is 0 Å². The first kappa shape index (κ1) is 15.2. The van der Waals surface area contributed by atoms with Crippen LogP contribution in [0.15, 0.2) is 30.7 Å². The number of aromatic nitrogens is 3. The molecule has 1 aliphatic heterocycles. The number of ether oxygens (including phenoxy) is 1. The zero-order valence-corrected chi connectivity index (χ0v) is 13.3. The molecule has 1 saturated heterocycles. The largest absolute Gasteiger partial charge is 0.491 e. The van der Waals surface area contributed by atoms with Crippen LogP contribution < -0.4 is 9.64 Å². The van der Waals surface area contributed by atoms with Crippen molar-refractivity contribution in [1.29, 1.82) is 0 Å². The Morgan fingerprint density at radius 2 is 1.91 bits per heavy atom. The number of amides is 1. The summed E-state index contributed by atoms with van der Waals surface area (Å²) in [6, 6.07) is 5.37. The molecule has 0 spiro atoms. The van der Waals surface area contributed by atoms with Gasteiger partial charge in [0, 0.05) is 32.4 Å². The summed E-state index contributed by atoms with van der Waals surface area (Å²) < 4.78 is 5.42. The van der Waals surface area contributed by atoms with Gasteiger partial charge in [-0.1, -0.05) is 6.07 Å². The molecule has 3 heterocycles. The van der Waals surface area contributed by atoms with E-state index < -0.39 is 0 Å². The normalized spacial score (nSPS) is 14.7. The van der Waals surface area contributed by atoms with Crippen molar-refractivity contribution in [1.82, 2.24) is 19.9 Å². The highest BCUT2D eigenvalue weighted by molar-refractivity contribution is 5.92. The third-order valence-electron chi connectivity index (χ3n) is 3.92. The highest BCUT2D eigenvalue weighted by atomic mass is 16.5. The number of hydrogen-bond acceptors (Lipinski definition) is 6. The van der Waals surface area contributed by atoms with Gasteiger partial charge < -0.3 is 14.5 Å². The van der Waals surface area contributed by atoms with Gasteiger partial charge in [-0.2, -0.15) is 0 Å². The van der Waals surface area contributed by atoms with Crippen LogP contribution in [0, 0.1) is 6.92 Å². The average Bonchev–Trinajstić information content (AvgIpc) is 2.62. The van der Waals surface area contributed by atoms with Gasteiger partial charge >= 0.3 is 0 Å². The Morgan fingerprint density at radius 1 is 1.13 bits per heavy atom. The van der Waals surface area contributed by atoms with E-state index in [1.54, 1.807) is 31.8 Å². The van der Waals surface area contributed by atoms with E-state index in [1.807, 2.05) is 17.9 Å². The molecular weight excluding hydrogens is 294 g/mol. The van der Waals surface area contributed by atoms with Crippen molar-refractivity contribution in [2.24, 2.45) is 0 Å². The van der Waals surface area contributed by atoms with Gasteiger partial charge in [0.25, 0.3) is 5.91 Å². The lowest BCUT2D eigenvalue weighted by atomic mass is 10.2. The van der Waals surface area contributed by atoms with E-state index >= 15 is 0 Å². The molecule has 0 bridgehead atoms. The SMILES string of the molecule is COc1c(C)ncnc1N1CCN(C(=O)c2ccccn2)CC1. The fourth-order valence-corrected chi connectivity index (χ4v) is 2.69. The van der Waals surface area contributed by atoms with E-state index in [1.165, 1.54) is 0 Å². The number of rotatable bonds is 3. The molecule has 0 radical (unpaired) electrons. The smallest absolute Gasteiger partial charge is 0.272 e. The van der Waals surface area contributed by atoms with Gasteiger partial charge in [-0.3, -0.25) is 9.78 Å². The standard InChI is InChI=1S/C16H19N5O2/c1-12-14(23-2)15(19-11-18-12)20-7-9-21(10-8-20)16(22)13-5-3-4-6-17-13/h3-6,11H,7-10H2,1-2H3. The Bertz CT molecular complexity index is 684. The molecular formula is C16H19N5O2. The summed E-state index contributed by atoms with van der Waals surface area (Å²) in [6.07, 6.45) is 3.18. The van der Waals surface area contributed by atoms with Crippen molar-refractivity contribution in [2.45, 2.75) is 6.92 Å². The second-order valence-corrected chi connectivity index (χ2v) is 5.31. The summed E-state index contributed by atoms with van der Waals surface area (Å²) in [6.45, 7) is 4.55. The van der Waals surface area contributed by atoms with Crippen molar-refractivity contribution in [3.63, 3.8) is 0 Å². The molecule has 0 atom stereocenters. The number of aryl methyl sites for hydroxylation is 1. The molecule has 2 aromatic rings. The van der Waals surface area contributed by atoms with E-state index in [0.29, 0.717) is 37.6 Å². The molecule has 0 unspecified atom stereocenters. The fourth-order valence-electron chi connectivity index (χ4n) is 2.69. The van der Waals surface area contributed by atoms with Gasteiger partial charge in [0.05, 0.1) is 12.8 Å². The molecule has 3 rings (SSSR count). The number of pyridine rings is 1. The van der Waals surface area contributed by atoms with Crippen LogP contribution in [0.25, 0.3) is 0 Å². The summed E-state index contributed by atoms with van der Waals surface area (Å²) in [5.41, 5.74) is 1.29. The zero-order valence-electron chi connectivity index (χ0n) is 13.3. The third kappa shape index (κ3) is 3.08. The Hall–Kier alpha value is -2.70. The maximum atomic E-state index is 12.4. The van der Waals surface area contributed by atoms with Crippen molar-refractivity contribution < 1.29 is 9.53 Å². The topological polar surface area (TPSA) is 71.5 Å². The van der Waals surface area contributed by atoms with Crippen LogP contribution in [-0.4, -0.2) is 59.0 Å². The highest BCUT2D eigenvalue weighted by Crippen LogP contribution is 2.28. The van der Waals surface area contributed by atoms with E-state index in [0.717, 1.165) is 11.5 Å². The first-order valence-electron chi connectivity index (χ1n) is 7.51. The van der Waals surface area contributed by atoms with Crippen molar-refractivity contribution in [2.75, 3.05) is 38.2 Å². The number of nitrogens with zero attached hydrogens (tertiary/aromatic N) is 5. The molecule has 0 saturated carbocycles. The molecule has 1 amide bonds. The van der Waals surface area contributed by atoms with Gasteiger partial charge in [0.15, 0.2) is 11.6 Å². The Labute approximate surface area is 134 Å². The van der Waals surface area contributed by atoms with Crippen molar-refractivity contribution >= 4 is 11.7 Å². The molecule has 1 fully saturated rings. The van der Waals surface area contributed by atoms with Crippen LogP contribution in [0.5, 0.6) is 5.75 Å². The number of hydrogen-bond donors (Lipinski definition) is 0. The summed E-state index contributed by atoms with van der Waals surface area (Å²) in [7, 11) is 1.62. The molecule has 2 aromatic heterocycles. The Kier molecular flexibility index (Phi) is 4.36. The van der Waals surface area contributed by atoms with Crippen LogP contribution in [0.2, 0.25) is 0 Å². The van der Waals surface area contributed by atoms with E-state index in [2.05, 4.69) is 19.9 Å². The van der Waals surface area contributed by atoms with Gasteiger partial charge in [0.1, 0.15) is 12.0 Å². The number of methoxy groups -OCH3 is 1. The lowest BCUT2D eigenvalue weighted by Gasteiger charge is -2.35. The monoisotopic (exact) mass is 313 g/mol. The number of carbonyl (C=O) groups is 1. The van der Waals surface area contributed by atoms with Gasteiger partial charge in [-0.15, -0.1) is 0 Å². The molecule has 7 nitrogen and oxygen atoms in total. The molecule has 7 heteroatoms. The first-order chi connectivity index (χ1) is 11.2. The lowest BCUT2D eigenvalue weighted by Crippen LogP contribution is -2.49. The van der Waals surface area contributed by atoms with Gasteiger partial charge in [-0.25, -0.2) is 9.97 Å². The van der Waals surface area contributed by atoms with E-state index in [9.17, 15) is 4.79 Å². The molecule has 0 aromatic carbocycles.